The highest BCUT2D eigenvalue weighted by molar-refractivity contribution is 6.41. The van der Waals surface area contributed by atoms with Crippen LogP contribution in [0.4, 0.5) is 4.79 Å². The molecule has 96 valence electrons. The Balaban J connectivity index is 2.56. The Hall–Kier alpha value is -0.940. The highest BCUT2D eigenvalue weighted by atomic mass is 35.5. The van der Waals surface area contributed by atoms with Gasteiger partial charge in [-0.25, -0.2) is 4.79 Å². The topological polar surface area (TPSA) is 56.2 Å². The third-order valence-electron chi connectivity index (χ3n) is 1.79. The van der Waals surface area contributed by atoms with Crippen molar-refractivity contribution in [3.05, 3.63) is 15.9 Å². The van der Waals surface area contributed by atoms with Crippen LogP contribution in [0.3, 0.4) is 0 Å². The lowest BCUT2D eigenvalue weighted by Gasteiger charge is -2.19. The molecule has 0 aromatic carbocycles. The molecule has 0 fully saturated rings. The summed E-state index contributed by atoms with van der Waals surface area (Å²) in [6, 6.07) is 0. The number of hydrogen-bond acceptors (Lipinski definition) is 3. The van der Waals surface area contributed by atoms with E-state index >= 15 is 0 Å². The molecule has 0 unspecified atom stereocenters. The minimum Gasteiger partial charge on any atom is -0.444 e. The number of aromatic nitrogens is 2. The van der Waals surface area contributed by atoms with Crippen molar-refractivity contribution < 1.29 is 9.53 Å². The molecule has 17 heavy (non-hydrogen) atoms. The van der Waals surface area contributed by atoms with Gasteiger partial charge in [0.1, 0.15) is 21.5 Å². The smallest absolute Gasteiger partial charge is 0.407 e. The van der Waals surface area contributed by atoms with E-state index in [1.165, 1.54) is 4.68 Å². The van der Waals surface area contributed by atoms with E-state index in [2.05, 4.69) is 10.4 Å². The third kappa shape index (κ3) is 4.09. The molecule has 0 saturated carbocycles. The van der Waals surface area contributed by atoms with Crippen LogP contribution in [0.15, 0.2) is 0 Å². The van der Waals surface area contributed by atoms with Crippen molar-refractivity contribution >= 4 is 29.3 Å². The molecule has 0 aliphatic carbocycles. The summed E-state index contributed by atoms with van der Waals surface area (Å²) in [5, 5.41) is 7.30. The minimum absolute atomic E-state index is 0.175. The summed E-state index contributed by atoms with van der Waals surface area (Å²) >= 11 is 11.8. The molecule has 1 N–H and O–H groups in total. The fourth-order valence-electron chi connectivity index (χ4n) is 1.11. The Morgan fingerprint density at radius 1 is 1.47 bits per heavy atom. The lowest BCUT2D eigenvalue weighted by molar-refractivity contribution is 0.0523. The predicted octanol–water partition coefficient (Wildman–Crippen LogP) is 2.75. The molecule has 0 radical (unpaired) electrons. The van der Waals surface area contributed by atoms with Gasteiger partial charge in [0.15, 0.2) is 0 Å². The second kappa shape index (κ2) is 5.14. The van der Waals surface area contributed by atoms with E-state index in [4.69, 9.17) is 27.9 Å². The zero-order valence-corrected chi connectivity index (χ0v) is 11.7. The molecule has 1 aromatic rings. The fraction of sp³-hybridized carbons (Fsp3) is 0.600. The van der Waals surface area contributed by atoms with E-state index in [-0.39, 0.29) is 6.54 Å². The van der Waals surface area contributed by atoms with Crippen molar-refractivity contribution in [1.29, 1.82) is 0 Å². The van der Waals surface area contributed by atoms with Gasteiger partial charge in [-0.3, -0.25) is 4.68 Å². The highest BCUT2D eigenvalue weighted by Gasteiger charge is 2.17. The van der Waals surface area contributed by atoms with Gasteiger partial charge in [0.05, 0.1) is 6.54 Å². The number of nitrogens with one attached hydrogen (secondary N) is 1. The number of carbonyl (C=O) groups is 1. The van der Waals surface area contributed by atoms with Crippen LogP contribution in [0, 0.1) is 0 Å². The molecule has 5 nitrogen and oxygen atoms in total. The number of ether oxygens (including phenoxy) is 1. The molecule has 1 heterocycles. The van der Waals surface area contributed by atoms with Crippen LogP contribution in [0.25, 0.3) is 0 Å². The number of aryl methyl sites for hydroxylation is 1. The summed E-state index contributed by atoms with van der Waals surface area (Å²) in [6.07, 6.45) is -0.518. The van der Waals surface area contributed by atoms with Gasteiger partial charge >= 0.3 is 6.09 Å². The molecule has 0 bridgehead atoms. The lowest BCUT2D eigenvalue weighted by Crippen LogP contribution is -2.32. The maximum absolute atomic E-state index is 11.4. The number of rotatable bonds is 2. The summed E-state index contributed by atoms with van der Waals surface area (Å²) in [5.74, 6) is 0. The quantitative estimate of drug-likeness (QED) is 0.906. The van der Waals surface area contributed by atoms with Gasteiger partial charge in [-0.1, -0.05) is 23.2 Å². The zero-order valence-electron chi connectivity index (χ0n) is 10.2. The summed E-state index contributed by atoms with van der Waals surface area (Å²) in [7, 11) is 1.67. The number of amides is 1. The van der Waals surface area contributed by atoms with Crippen molar-refractivity contribution in [2.45, 2.75) is 32.9 Å². The van der Waals surface area contributed by atoms with Crippen LogP contribution in [0.2, 0.25) is 10.2 Å². The van der Waals surface area contributed by atoms with Gasteiger partial charge in [-0.2, -0.15) is 5.10 Å². The normalized spacial score (nSPS) is 11.4. The van der Waals surface area contributed by atoms with Crippen molar-refractivity contribution in [3.63, 3.8) is 0 Å². The van der Waals surface area contributed by atoms with Crippen molar-refractivity contribution in [2.24, 2.45) is 7.05 Å². The van der Waals surface area contributed by atoms with E-state index in [1.54, 1.807) is 27.8 Å². The van der Waals surface area contributed by atoms with Gasteiger partial charge in [0.2, 0.25) is 0 Å². The minimum atomic E-state index is -0.532. The number of halogens is 2. The largest absolute Gasteiger partial charge is 0.444 e. The van der Waals surface area contributed by atoms with E-state index in [0.29, 0.717) is 15.9 Å². The van der Waals surface area contributed by atoms with Crippen LogP contribution in [0.1, 0.15) is 26.5 Å². The summed E-state index contributed by atoms with van der Waals surface area (Å²) in [6.45, 7) is 5.54. The molecule has 1 rings (SSSR count). The number of hydrogen-bond donors (Lipinski definition) is 1. The molecule has 0 atom stereocenters. The van der Waals surface area contributed by atoms with Gasteiger partial charge in [-0.05, 0) is 20.8 Å². The van der Waals surface area contributed by atoms with Crippen LogP contribution >= 0.6 is 23.2 Å². The van der Waals surface area contributed by atoms with Crippen molar-refractivity contribution in [2.75, 3.05) is 0 Å². The molecular formula is C10H15Cl2N3O2. The molecule has 1 aromatic heterocycles. The number of alkyl carbamates (subject to hydrolysis) is 1. The predicted molar refractivity (Wildman–Crippen MR) is 66.3 cm³/mol. The summed E-state index contributed by atoms with van der Waals surface area (Å²) in [5.41, 5.74) is -0.0275. The van der Waals surface area contributed by atoms with Crippen LogP contribution in [-0.2, 0) is 18.3 Å². The van der Waals surface area contributed by atoms with Crippen LogP contribution in [0.5, 0.6) is 0 Å². The van der Waals surface area contributed by atoms with E-state index in [9.17, 15) is 4.79 Å². The Morgan fingerprint density at radius 2 is 2.06 bits per heavy atom. The van der Waals surface area contributed by atoms with E-state index in [0.717, 1.165) is 0 Å². The molecule has 1 amide bonds. The molecule has 0 saturated heterocycles. The third-order valence-corrected chi connectivity index (χ3v) is 2.72. The molecule has 0 spiro atoms. The second-order valence-corrected chi connectivity index (χ2v) is 5.27. The van der Waals surface area contributed by atoms with Gasteiger partial charge < -0.3 is 10.1 Å². The first kappa shape index (κ1) is 14.1. The maximum atomic E-state index is 11.4. The van der Waals surface area contributed by atoms with Crippen molar-refractivity contribution in [1.82, 2.24) is 15.1 Å². The SMILES string of the molecule is Cn1nc(CNC(=O)OC(C)(C)C)c(Cl)c1Cl. The molecule has 7 heteroatoms. The van der Waals surface area contributed by atoms with Crippen molar-refractivity contribution in [3.8, 4) is 0 Å². The first-order valence-electron chi connectivity index (χ1n) is 5.04. The maximum Gasteiger partial charge on any atom is 0.407 e. The number of nitrogens with zero attached hydrogens (tertiary/aromatic N) is 2. The van der Waals surface area contributed by atoms with Crippen LogP contribution in [-0.4, -0.2) is 21.5 Å². The Morgan fingerprint density at radius 3 is 2.47 bits per heavy atom. The lowest BCUT2D eigenvalue weighted by atomic mass is 10.2. The fourth-order valence-corrected chi connectivity index (χ4v) is 1.49. The molecule has 0 aliphatic rings. The Labute approximate surface area is 110 Å². The summed E-state index contributed by atoms with van der Waals surface area (Å²) in [4.78, 5) is 11.4. The monoisotopic (exact) mass is 279 g/mol. The van der Waals surface area contributed by atoms with Crippen LogP contribution < -0.4 is 5.32 Å². The summed E-state index contributed by atoms with van der Waals surface area (Å²) < 4.78 is 6.52. The van der Waals surface area contributed by atoms with E-state index in [1.807, 2.05) is 0 Å². The average Bonchev–Trinajstić information content (AvgIpc) is 2.40. The molecule has 0 aliphatic heterocycles. The molecular weight excluding hydrogens is 265 g/mol. The first-order valence-corrected chi connectivity index (χ1v) is 5.80. The average molecular weight is 280 g/mol. The van der Waals surface area contributed by atoms with E-state index < -0.39 is 11.7 Å². The Bertz CT molecular complexity index is 424. The van der Waals surface area contributed by atoms with Gasteiger partial charge in [-0.15, -0.1) is 0 Å². The van der Waals surface area contributed by atoms with Gasteiger partial charge in [0, 0.05) is 7.05 Å². The Kier molecular flexibility index (Phi) is 4.27. The zero-order chi connectivity index (χ0) is 13.2. The van der Waals surface area contributed by atoms with Gasteiger partial charge in [0.25, 0.3) is 0 Å². The standard InChI is InChI=1S/C10H15Cl2N3O2/c1-10(2,3)17-9(16)13-5-6-7(11)8(12)15(4)14-6/h5H2,1-4H3,(H,13,16). The second-order valence-electron chi connectivity index (χ2n) is 4.53. The number of carbonyl (C=O) groups excluding carboxylic acids is 1. The first-order chi connectivity index (χ1) is 7.70. The highest BCUT2D eigenvalue weighted by Crippen LogP contribution is 2.24.